The molecule has 2 aromatic rings. The van der Waals surface area contributed by atoms with Crippen molar-refractivity contribution in [2.24, 2.45) is 7.05 Å². The fourth-order valence-corrected chi connectivity index (χ4v) is 1.77. The number of aryl methyl sites for hydroxylation is 1. The van der Waals surface area contributed by atoms with Crippen LogP contribution in [-0.4, -0.2) is 19.0 Å². The van der Waals surface area contributed by atoms with Crippen LogP contribution in [0.25, 0.3) is 0 Å². The Morgan fingerprint density at radius 3 is 2.52 bits per heavy atom. The lowest BCUT2D eigenvalue weighted by atomic mass is 10.2. The Bertz CT molecular complexity index is 659. The highest BCUT2D eigenvalue weighted by Gasteiger charge is 2.11. The second-order valence-corrected chi connectivity index (χ2v) is 4.28. The van der Waals surface area contributed by atoms with Crippen LogP contribution in [0.3, 0.4) is 0 Å². The number of amides is 1. The molecule has 0 saturated heterocycles. The van der Waals surface area contributed by atoms with Gasteiger partial charge in [-0.15, -0.1) is 0 Å². The number of halogens is 1. The Kier molecular flexibility index (Phi) is 6.29. The molecule has 0 spiro atoms. The molecule has 0 aliphatic rings. The number of hydrogen-bond acceptors (Lipinski definition) is 3. The van der Waals surface area contributed by atoms with Gasteiger partial charge >= 0.3 is 5.97 Å². The first-order valence-corrected chi connectivity index (χ1v) is 6.05. The van der Waals surface area contributed by atoms with Gasteiger partial charge in [0.25, 0.3) is 5.91 Å². The van der Waals surface area contributed by atoms with Crippen LogP contribution in [-0.2, 0) is 11.8 Å². The summed E-state index contributed by atoms with van der Waals surface area (Å²) in [7, 11) is 3.16. The Balaban J connectivity index is 0.00000220. The van der Waals surface area contributed by atoms with Crippen LogP contribution in [0.5, 0.6) is 0 Å². The summed E-state index contributed by atoms with van der Waals surface area (Å²) in [6.45, 7) is 0. The molecule has 21 heavy (non-hydrogen) atoms. The molecular weight excluding hydrogens is 383 g/mol. The van der Waals surface area contributed by atoms with Crippen molar-refractivity contribution in [3.8, 4) is 0 Å². The van der Waals surface area contributed by atoms with Gasteiger partial charge in [0, 0.05) is 11.8 Å². The first kappa shape index (κ1) is 17.1. The van der Waals surface area contributed by atoms with Gasteiger partial charge in [-0.25, -0.2) is 9.36 Å². The molecule has 5 nitrogen and oxygen atoms in total. The average molecular weight is 398 g/mol. The van der Waals surface area contributed by atoms with Crippen LogP contribution in [0.4, 0.5) is 5.69 Å². The first-order valence-electron chi connectivity index (χ1n) is 6.05. The van der Waals surface area contributed by atoms with E-state index in [0.29, 0.717) is 16.8 Å². The van der Waals surface area contributed by atoms with Gasteiger partial charge in [-0.1, -0.05) is 6.07 Å². The lowest BCUT2D eigenvalue weighted by Gasteiger charge is -2.06. The van der Waals surface area contributed by atoms with Crippen molar-refractivity contribution >= 4 is 17.6 Å². The maximum atomic E-state index is 12.1. The highest BCUT2D eigenvalue weighted by molar-refractivity contribution is 6.04. The van der Waals surface area contributed by atoms with Gasteiger partial charge in [-0.05, 0) is 24.3 Å². The zero-order valence-corrected chi connectivity index (χ0v) is 13.8. The van der Waals surface area contributed by atoms with Crippen molar-refractivity contribution in [3.05, 3.63) is 59.9 Å². The van der Waals surface area contributed by atoms with E-state index >= 15 is 0 Å². The molecule has 1 amide bonds. The predicted molar refractivity (Wildman–Crippen MR) is 73.4 cm³/mol. The molecule has 2 rings (SSSR count). The molecule has 6 heteroatoms. The molecule has 0 radical (unpaired) electrons. The number of methoxy groups -OCH3 is 1. The quantitative estimate of drug-likeness (QED) is 0.391. The summed E-state index contributed by atoms with van der Waals surface area (Å²) in [5.41, 5.74) is 1.48. The van der Waals surface area contributed by atoms with Crippen LogP contribution < -0.4 is 33.9 Å². The molecule has 0 aliphatic carbocycles. The minimum absolute atomic E-state index is 0. The lowest BCUT2D eigenvalue weighted by molar-refractivity contribution is -0.671. The van der Waals surface area contributed by atoms with Crippen molar-refractivity contribution in [1.29, 1.82) is 0 Å². The molecular formula is C15H15IN2O3. The van der Waals surface area contributed by atoms with Gasteiger partial charge in [0.15, 0.2) is 12.4 Å². The van der Waals surface area contributed by atoms with Crippen molar-refractivity contribution < 1.29 is 42.9 Å². The number of hydrogen-bond donors (Lipinski definition) is 1. The largest absolute Gasteiger partial charge is 1.00 e. The highest BCUT2D eigenvalue weighted by atomic mass is 127. The van der Waals surface area contributed by atoms with Gasteiger partial charge in [-0.3, -0.25) is 4.79 Å². The van der Waals surface area contributed by atoms with Crippen LogP contribution >= 0.6 is 0 Å². The first-order chi connectivity index (χ1) is 9.60. The molecule has 1 heterocycles. The summed E-state index contributed by atoms with van der Waals surface area (Å²) in [6, 6.07) is 10.1. The fourth-order valence-electron chi connectivity index (χ4n) is 1.77. The summed E-state index contributed by atoms with van der Waals surface area (Å²) in [6.07, 6.45) is 3.56. The number of rotatable bonds is 3. The molecule has 1 aromatic carbocycles. The number of ether oxygens (including phenoxy) is 1. The predicted octanol–water partition coefficient (Wildman–Crippen LogP) is -1.45. The van der Waals surface area contributed by atoms with Gasteiger partial charge in [0.05, 0.1) is 12.7 Å². The maximum Gasteiger partial charge on any atom is 0.337 e. The van der Waals surface area contributed by atoms with Crippen LogP contribution in [0.15, 0.2) is 48.8 Å². The number of pyridine rings is 1. The molecule has 0 fully saturated rings. The van der Waals surface area contributed by atoms with Gasteiger partial charge in [-0.2, -0.15) is 0 Å². The zero-order chi connectivity index (χ0) is 14.5. The zero-order valence-electron chi connectivity index (χ0n) is 11.7. The molecule has 1 N–H and O–H groups in total. The number of esters is 1. The Labute approximate surface area is 140 Å². The molecule has 0 bridgehead atoms. The number of nitrogens with zero attached hydrogens (tertiary/aromatic N) is 1. The van der Waals surface area contributed by atoms with E-state index in [1.54, 1.807) is 47.2 Å². The SMILES string of the molecule is COC(=O)c1cccc(NC(=O)c2ccc[n+](C)c2)c1.[I-]. The monoisotopic (exact) mass is 398 g/mol. The normalized spacial score (nSPS) is 9.43. The van der Waals surface area contributed by atoms with E-state index in [1.165, 1.54) is 7.11 Å². The number of nitrogens with one attached hydrogen (secondary N) is 1. The smallest absolute Gasteiger partial charge is 0.337 e. The average Bonchev–Trinajstić information content (AvgIpc) is 2.46. The standard InChI is InChI=1S/C15H14N2O3.HI/c1-17-8-4-6-12(10-17)14(18)16-13-7-3-5-11(9-13)15(19)20-2;/h3-10H,1-2H3;1H. The minimum atomic E-state index is -0.438. The topological polar surface area (TPSA) is 59.3 Å². The second-order valence-electron chi connectivity index (χ2n) is 4.28. The van der Waals surface area contributed by atoms with E-state index in [0.717, 1.165) is 0 Å². The van der Waals surface area contributed by atoms with Crippen LogP contribution in [0.1, 0.15) is 20.7 Å². The van der Waals surface area contributed by atoms with Gasteiger partial charge in [0.1, 0.15) is 12.6 Å². The molecule has 0 atom stereocenters. The molecule has 0 unspecified atom stereocenters. The van der Waals surface area contributed by atoms with E-state index < -0.39 is 5.97 Å². The van der Waals surface area contributed by atoms with E-state index in [-0.39, 0.29) is 29.9 Å². The summed E-state index contributed by atoms with van der Waals surface area (Å²) in [5.74, 6) is -0.671. The van der Waals surface area contributed by atoms with Crippen molar-refractivity contribution in [1.82, 2.24) is 0 Å². The third-order valence-electron chi connectivity index (χ3n) is 2.74. The number of carbonyl (C=O) groups excluding carboxylic acids is 2. The number of anilines is 1. The molecule has 110 valence electrons. The number of aromatic nitrogens is 1. The second kappa shape index (κ2) is 7.72. The third kappa shape index (κ3) is 4.52. The van der Waals surface area contributed by atoms with E-state index in [9.17, 15) is 9.59 Å². The van der Waals surface area contributed by atoms with Crippen LogP contribution in [0, 0.1) is 0 Å². The van der Waals surface area contributed by atoms with Crippen molar-refractivity contribution in [2.45, 2.75) is 0 Å². The van der Waals surface area contributed by atoms with E-state index in [2.05, 4.69) is 10.1 Å². The number of benzene rings is 1. The van der Waals surface area contributed by atoms with Gasteiger partial charge < -0.3 is 34.0 Å². The van der Waals surface area contributed by atoms with Crippen LogP contribution in [0.2, 0.25) is 0 Å². The van der Waals surface area contributed by atoms with Gasteiger partial charge in [0.2, 0.25) is 0 Å². The molecule has 1 aromatic heterocycles. The highest BCUT2D eigenvalue weighted by Crippen LogP contribution is 2.12. The minimum Gasteiger partial charge on any atom is -1.00 e. The summed E-state index contributed by atoms with van der Waals surface area (Å²) >= 11 is 0. The Morgan fingerprint density at radius 1 is 1.14 bits per heavy atom. The van der Waals surface area contributed by atoms with E-state index in [1.807, 2.05) is 13.2 Å². The van der Waals surface area contributed by atoms with Crippen molar-refractivity contribution in [2.75, 3.05) is 12.4 Å². The molecule has 0 saturated carbocycles. The lowest BCUT2D eigenvalue weighted by Crippen LogP contribution is -3.00. The number of carbonyl (C=O) groups is 2. The summed E-state index contributed by atoms with van der Waals surface area (Å²) < 4.78 is 6.43. The maximum absolute atomic E-state index is 12.1. The Morgan fingerprint density at radius 2 is 1.86 bits per heavy atom. The summed E-state index contributed by atoms with van der Waals surface area (Å²) in [4.78, 5) is 23.5. The Hall–Kier alpha value is -1.96. The fraction of sp³-hybridized carbons (Fsp3) is 0.133. The third-order valence-corrected chi connectivity index (χ3v) is 2.74. The van der Waals surface area contributed by atoms with E-state index in [4.69, 9.17) is 0 Å². The molecule has 0 aliphatic heterocycles. The van der Waals surface area contributed by atoms with Crippen molar-refractivity contribution in [3.63, 3.8) is 0 Å². The summed E-state index contributed by atoms with van der Waals surface area (Å²) in [5, 5.41) is 2.74.